The number of ether oxygens (including phenoxy) is 2. The first-order valence-corrected chi connectivity index (χ1v) is 10.1. The summed E-state index contributed by atoms with van der Waals surface area (Å²) >= 11 is 9.70. The predicted molar refractivity (Wildman–Crippen MR) is 115 cm³/mol. The van der Waals surface area contributed by atoms with Crippen molar-refractivity contribution < 1.29 is 14.6 Å². The molecule has 0 saturated carbocycles. The van der Waals surface area contributed by atoms with Gasteiger partial charge in [-0.1, -0.05) is 39.7 Å². The molecule has 0 aliphatic carbocycles. The van der Waals surface area contributed by atoms with Crippen molar-refractivity contribution in [1.29, 1.82) is 0 Å². The van der Waals surface area contributed by atoms with Gasteiger partial charge in [0.15, 0.2) is 0 Å². The lowest BCUT2D eigenvalue weighted by Crippen LogP contribution is -2.24. The third kappa shape index (κ3) is 4.98. The first kappa shape index (κ1) is 21.4. The van der Waals surface area contributed by atoms with Crippen LogP contribution in [-0.2, 0) is 13.0 Å². The van der Waals surface area contributed by atoms with Crippen LogP contribution in [0.2, 0.25) is 5.02 Å². The van der Waals surface area contributed by atoms with Gasteiger partial charge in [0.25, 0.3) is 5.56 Å². The minimum absolute atomic E-state index is 0.0578. The van der Waals surface area contributed by atoms with Gasteiger partial charge in [0.1, 0.15) is 11.5 Å². The average molecular weight is 480 g/mol. The van der Waals surface area contributed by atoms with Crippen LogP contribution in [-0.4, -0.2) is 28.4 Å². The molecule has 0 fully saturated rings. The number of methoxy groups -OCH3 is 1. The third-order valence-corrected chi connectivity index (χ3v) is 5.07. The standard InChI is InChI=1S/C21H20BrClN2O4/c1-13-9-15(22)10-17(23)19(13)29-20-18(7-8-26)24-12-25(21(20)27)11-14-3-5-16(28-2)6-4-14/h3-6,9-10,12,26H,7-8,11H2,1-2H3. The molecule has 0 spiro atoms. The number of hydrogen-bond donors (Lipinski definition) is 1. The van der Waals surface area contributed by atoms with Gasteiger partial charge in [-0.25, -0.2) is 4.98 Å². The lowest BCUT2D eigenvalue weighted by Gasteiger charge is -2.15. The number of benzene rings is 2. The van der Waals surface area contributed by atoms with Gasteiger partial charge in [0.2, 0.25) is 5.75 Å². The molecule has 1 N–H and O–H groups in total. The largest absolute Gasteiger partial charge is 0.497 e. The van der Waals surface area contributed by atoms with Gasteiger partial charge in [-0.3, -0.25) is 9.36 Å². The monoisotopic (exact) mass is 478 g/mol. The minimum atomic E-state index is -0.349. The highest BCUT2D eigenvalue weighted by molar-refractivity contribution is 9.10. The van der Waals surface area contributed by atoms with Crippen LogP contribution in [0.1, 0.15) is 16.8 Å². The van der Waals surface area contributed by atoms with E-state index >= 15 is 0 Å². The Morgan fingerprint density at radius 2 is 1.93 bits per heavy atom. The fraction of sp³-hybridized carbons (Fsp3) is 0.238. The normalized spacial score (nSPS) is 10.8. The number of halogens is 2. The Hall–Kier alpha value is -2.35. The van der Waals surface area contributed by atoms with Crippen molar-refractivity contribution >= 4 is 27.5 Å². The van der Waals surface area contributed by atoms with E-state index < -0.39 is 0 Å². The van der Waals surface area contributed by atoms with E-state index in [9.17, 15) is 9.90 Å². The molecule has 1 aromatic heterocycles. The molecule has 3 aromatic rings. The molecule has 29 heavy (non-hydrogen) atoms. The van der Waals surface area contributed by atoms with Gasteiger partial charge in [-0.2, -0.15) is 0 Å². The zero-order valence-corrected chi connectivity index (χ0v) is 18.3. The van der Waals surface area contributed by atoms with Crippen molar-refractivity contribution in [3.63, 3.8) is 0 Å². The second kappa shape index (κ2) is 9.43. The van der Waals surface area contributed by atoms with E-state index in [1.165, 1.54) is 10.9 Å². The van der Waals surface area contributed by atoms with Crippen LogP contribution in [0.15, 0.2) is 52.0 Å². The summed E-state index contributed by atoms with van der Waals surface area (Å²) in [5.74, 6) is 1.18. The summed E-state index contributed by atoms with van der Waals surface area (Å²) in [6.45, 7) is 2.00. The molecule has 0 saturated heterocycles. The quantitative estimate of drug-likeness (QED) is 0.545. The molecule has 0 unspecified atom stereocenters. The molecule has 8 heteroatoms. The summed E-state index contributed by atoms with van der Waals surface area (Å²) in [4.78, 5) is 17.5. The highest BCUT2D eigenvalue weighted by Gasteiger charge is 2.17. The fourth-order valence-electron chi connectivity index (χ4n) is 2.85. The van der Waals surface area contributed by atoms with E-state index in [1.807, 2.05) is 37.3 Å². The van der Waals surface area contributed by atoms with Crippen LogP contribution >= 0.6 is 27.5 Å². The van der Waals surface area contributed by atoms with Crippen molar-refractivity contribution in [2.45, 2.75) is 19.9 Å². The van der Waals surface area contributed by atoms with Crippen molar-refractivity contribution in [3.8, 4) is 17.2 Å². The van der Waals surface area contributed by atoms with Gasteiger partial charge in [0, 0.05) is 17.5 Å². The van der Waals surface area contributed by atoms with Gasteiger partial charge in [-0.05, 0) is 42.3 Å². The van der Waals surface area contributed by atoms with Crippen LogP contribution < -0.4 is 15.0 Å². The molecular weight excluding hydrogens is 460 g/mol. The highest BCUT2D eigenvalue weighted by atomic mass is 79.9. The van der Waals surface area contributed by atoms with E-state index in [4.69, 9.17) is 21.1 Å². The Morgan fingerprint density at radius 1 is 1.21 bits per heavy atom. The number of rotatable bonds is 7. The van der Waals surface area contributed by atoms with Crippen molar-refractivity contribution in [1.82, 2.24) is 9.55 Å². The van der Waals surface area contributed by atoms with E-state index in [2.05, 4.69) is 20.9 Å². The van der Waals surface area contributed by atoms with E-state index in [0.717, 1.165) is 21.3 Å². The van der Waals surface area contributed by atoms with Crippen LogP contribution in [0.25, 0.3) is 0 Å². The van der Waals surface area contributed by atoms with Gasteiger partial charge in [0.05, 0.1) is 30.7 Å². The number of nitrogens with zero attached hydrogens (tertiary/aromatic N) is 2. The molecule has 0 aliphatic heterocycles. The molecule has 0 bridgehead atoms. The molecule has 0 radical (unpaired) electrons. The van der Waals surface area contributed by atoms with Crippen LogP contribution in [0.5, 0.6) is 17.2 Å². The van der Waals surface area contributed by atoms with E-state index in [0.29, 0.717) is 23.0 Å². The molecule has 0 atom stereocenters. The average Bonchev–Trinajstić information content (AvgIpc) is 2.69. The van der Waals surface area contributed by atoms with E-state index in [-0.39, 0.29) is 24.3 Å². The van der Waals surface area contributed by atoms with Gasteiger partial charge in [-0.15, -0.1) is 0 Å². The fourth-order valence-corrected chi connectivity index (χ4v) is 3.86. The maximum Gasteiger partial charge on any atom is 0.296 e. The first-order chi connectivity index (χ1) is 13.9. The summed E-state index contributed by atoms with van der Waals surface area (Å²) in [5.41, 5.74) is 1.71. The van der Waals surface area contributed by atoms with Crippen molar-refractivity contribution in [3.05, 3.63) is 79.4 Å². The van der Waals surface area contributed by atoms with Crippen LogP contribution in [0.3, 0.4) is 0 Å². The number of aliphatic hydroxyl groups excluding tert-OH is 1. The SMILES string of the molecule is COc1ccc(Cn2cnc(CCO)c(Oc3c(C)cc(Br)cc3Cl)c2=O)cc1. The van der Waals surface area contributed by atoms with Crippen LogP contribution in [0, 0.1) is 6.92 Å². The maximum atomic E-state index is 13.1. The molecule has 0 amide bonds. The molecule has 6 nitrogen and oxygen atoms in total. The van der Waals surface area contributed by atoms with Crippen molar-refractivity contribution in [2.75, 3.05) is 13.7 Å². The van der Waals surface area contributed by atoms with Gasteiger partial charge < -0.3 is 14.6 Å². The van der Waals surface area contributed by atoms with Crippen molar-refractivity contribution in [2.24, 2.45) is 0 Å². The number of aromatic nitrogens is 2. The Labute approximate surface area is 181 Å². The maximum absolute atomic E-state index is 13.1. The molecule has 0 aliphatic rings. The Kier molecular flexibility index (Phi) is 6.95. The summed E-state index contributed by atoms with van der Waals surface area (Å²) in [6.07, 6.45) is 1.65. The Balaban J connectivity index is 2.00. The molecule has 3 rings (SSSR count). The number of aryl methyl sites for hydroxylation is 1. The number of hydrogen-bond acceptors (Lipinski definition) is 5. The molecule has 152 valence electrons. The molecule has 2 aromatic carbocycles. The molecule has 1 heterocycles. The van der Waals surface area contributed by atoms with E-state index in [1.54, 1.807) is 13.2 Å². The second-order valence-corrected chi connectivity index (χ2v) is 7.73. The summed E-state index contributed by atoms with van der Waals surface area (Å²) in [5, 5.41) is 9.72. The topological polar surface area (TPSA) is 73.6 Å². The Bertz CT molecular complexity index is 1040. The highest BCUT2D eigenvalue weighted by Crippen LogP contribution is 2.35. The smallest absolute Gasteiger partial charge is 0.296 e. The Morgan fingerprint density at radius 3 is 2.55 bits per heavy atom. The summed E-state index contributed by atoms with van der Waals surface area (Å²) in [6, 6.07) is 11.0. The van der Waals surface area contributed by atoms with Gasteiger partial charge >= 0.3 is 0 Å². The summed E-state index contributed by atoms with van der Waals surface area (Å²) < 4.78 is 13.4. The zero-order chi connectivity index (χ0) is 21.0. The summed E-state index contributed by atoms with van der Waals surface area (Å²) in [7, 11) is 1.60. The van der Waals surface area contributed by atoms with Crippen LogP contribution in [0.4, 0.5) is 0 Å². The second-order valence-electron chi connectivity index (χ2n) is 6.41. The third-order valence-electron chi connectivity index (χ3n) is 4.33. The molecular formula is C21H20BrClN2O4. The number of aliphatic hydroxyl groups is 1. The predicted octanol–water partition coefficient (Wildman–Crippen LogP) is 4.35. The lowest BCUT2D eigenvalue weighted by atomic mass is 10.2. The first-order valence-electron chi connectivity index (χ1n) is 8.88. The zero-order valence-electron chi connectivity index (χ0n) is 16.0. The minimum Gasteiger partial charge on any atom is -0.497 e. The lowest BCUT2D eigenvalue weighted by molar-refractivity contribution is 0.295.